The third-order valence-corrected chi connectivity index (χ3v) is 4.29. The number of nitrogens with zero attached hydrogens (tertiary/aromatic N) is 2. The minimum absolute atomic E-state index is 0. The van der Waals surface area contributed by atoms with Crippen molar-refractivity contribution in [3.05, 3.63) is 0 Å². The van der Waals surface area contributed by atoms with Gasteiger partial charge in [0.25, 0.3) is 0 Å². The van der Waals surface area contributed by atoms with Gasteiger partial charge in [-0.2, -0.15) is 11.8 Å². The zero-order valence-electron chi connectivity index (χ0n) is 13.1. The number of hydrogen-bond acceptors (Lipinski definition) is 3. The smallest absolute Gasteiger partial charge is 0.193 e. The molecule has 0 saturated carbocycles. The zero-order valence-corrected chi connectivity index (χ0v) is 16.2. The average molecular weight is 415 g/mol. The van der Waals surface area contributed by atoms with Crippen molar-refractivity contribution in [3.63, 3.8) is 0 Å². The predicted octanol–water partition coefficient (Wildman–Crippen LogP) is 2.68. The Morgan fingerprint density at radius 2 is 2.10 bits per heavy atom. The normalized spacial score (nSPS) is 16.6. The molecule has 0 bridgehead atoms. The lowest BCUT2D eigenvalue weighted by atomic mass is 9.96. The maximum Gasteiger partial charge on any atom is 0.193 e. The Morgan fingerprint density at radius 3 is 2.70 bits per heavy atom. The molecule has 4 nitrogen and oxygen atoms in total. The van der Waals surface area contributed by atoms with Crippen LogP contribution in [0.2, 0.25) is 0 Å². The maximum atomic E-state index is 5.40. The summed E-state index contributed by atoms with van der Waals surface area (Å²) in [6.45, 7) is 3.97. The summed E-state index contributed by atoms with van der Waals surface area (Å²) in [6, 6.07) is 0. The number of thioether (sulfide) groups is 1. The molecule has 0 aliphatic carbocycles. The number of ether oxygens (including phenoxy) is 1. The molecule has 0 aromatic rings. The van der Waals surface area contributed by atoms with E-state index in [2.05, 4.69) is 28.5 Å². The van der Waals surface area contributed by atoms with E-state index >= 15 is 0 Å². The van der Waals surface area contributed by atoms with Crippen LogP contribution in [-0.2, 0) is 4.74 Å². The van der Waals surface area contributed by atoms with E-state index in [1.165, 1.54) is 31.4 Å². The van der Waals surface area contributed by atoms with Gasteiger partial charge in [0, 0.05) is 40.4 Å². The van der Waals surface area contributed by atoms with Crippen LogP contribution < -0.4 is 5.32 Å². The first-order valence-electron chi connectivity index (χ1n) is 7.26. The molecule has 0 spiro atoms. The first kappa shape index (κ1) is 20.3. The number of nitrogens with one attached hydrogen (secondary N) is 1. The molecule has 0 unspecified atom stereocenters. The highest BCUT2D eigenvalue weighted by atomic mass is 127. The van der Waals surface area contributed by atoms with Gasteiger partial charge < -0.3 is 15.0 Å². The van der Waals surface area contributed by atoms with E-state index in [0.717, 1.165) is 38.2 Å². The van der Waals surface area contributed by atoms with Crippen molar-refractivity contribution in [1.82, 2.24) is 10.2 Å². The summed E-state index contributed by atoms with van der Waals surface area (Å²) in [5, 5.41) is 3.43. The van der Waals surface area contributed by atoms with E-state index in [9.17, 15) is 0 Å². The van der Waals surface area contributed by atoms with Gasteiger partial charge in [-0.05, 0) is 43.6 Å². The number of halogens is 1. The molecule has 0 radical (unpaired) electrons. The van der Waals surface area contributed by atoms with Gasteiger partial charge in [0.15, 0.2) is 5.96 Å². The summed E-state index contributed by atoms with van der Waals surface area (Å²) in [6.07, 6.45) is 7.01. The summed E-state index contributed by atoms with van der Waals surface area (Å²) in [5.74, 6) is 3.05. The molecular weight excluding hydrogens is 385 g/mol. The Hall–Kier alpha value is 0.310. The zero-order chi connectivity index (χ0) is 13.9. The van der Waals surface area contributed by atoms with Crippen molar-refractivity contribution in [2.45, 2.75) is 25.7 Å². The van der Waals surface area contributed by atoms with Crippen LogP contribution >= 0.6 is 35.7 Å². The van der Waals surface area contributed by atoms with E-state index in [1.54, 1.807) is 0 Å². The standard InChI is InChI=1S/C14H29N3OS.HI/c1-15-14(16-8-4-12-19-3)17(2)9-5-13-6-10-18-11-7-13;/h13H,4-12H2,1-3H3,(H,15,16);1H. The molecule has 1 aliphatic heterocycles. The largest absolute Gasteiger partial charge is 0.381 e. The lowest BCUT2D eigenvalue weighted by Gasteiger charge is -2.26. The van der Waals surface area contributed by atoms with Crippen LogP contribution in [0.15, 0.2) is 4.99 Å². The van der Waals surface area contributed by atoms with Crippen molar-refractivity contribution in [2.75, 3.05) is 52.4 Å². The van der Waals surface area contributed by atoms with Crippen LogP contribution in [0.3, 0.4) is 0 Å². The van der Waals surface area contributed by atoms with Gasteiger partial charge in [0.05, 0.1) is 0 Å². The topological polar surface area (TPSA) is 36.9 Å². The summed E-state index contributed by atoms with van der Waals surface area (Å²) < 4.78 is 5.40. The minimum Gasteiger partial charge on any atom is -0.381 e. The van der Waals surface area contributed by atoms with E-state index in [1.807, 2.05) is 18.8 Å². The van der Waals surface area contributed by atoms with Crippen LogP contribution in [0.5, 0.6) is 0 Å². The van der Waals surface area contributed by atoms with E-state index in [-0.39, 0.29) is 24.0 Å². The van der Waals surface area contributed by atoms with Gasteiger partial charge in [-0.1, -0.05) is 0 Å². The summed E-state index contributed by atoms with van der Waals surface area (Å²) >= 11 is 1.89. The Kier molecular flexibility index (Phi) is 13.2. The first-order valence-corrected chi connectivity index (χ1v) is 8.65. The molecule has 1 N–H and O–H groups in total. The molecule has 120 valence electrons. The number of rotatable bonds is 7. The van der Waals surface area contributed by atoms with Crippen molar-refractivity contribution in [2.24, 2.45) is 10.9 Å². The molecule has 6 heteroatoms. The number of guanidine groups is 1. The predicted molar refractivity (Wildman–Crippen MR) is 101 cm³/mol. The molecule has 1 rings (SSSR count). The Bertz CT molecular complexity index is 261. The molecule has 0 amide bonds. The molecule has 20 heavy (non-hydrogen) atoms. The van der Waals surface area contributed by atoms with Crippen molar-refractivity contribution in [1.29, 1.82) is 0 Å². The van der Waals surface area contributed by atoms with Crippen LogP contribution in [0.25, 0.3) is 0 Å². The maximum absolute atomic E-state index is 5.40. The molecule has 0 atom stereocenters. The second kappa shape index (κ2) is 13.0. The lowest BCUT2D eigenvalue weighted by Crippen LogP contribution is -2.40. The summed E-state index contributed by atoms with van der Waals surface area (Å²) in [7, 11) is 3.99. The molecule has 1 heterocycles. The number of hydrogen-bond donors (Lipinski definition) is 1. The molecule has 1 aliphatic rings. The van der Waals surface area contributed by atoms with Gasteiger partial charge in [-0.15, -0.1) is 24.0 Å². The van der Waals surface area contributed by atoms with Crippen LogP contribution in [0, 0.1) is 5.92 Å². The lowest BCUT2D eigenvalue weighted by molar-refractivity contribution is 0.0625. The fraction of sp³-hybridized carbons (Fsp3) is 0.929. The third kappa shape index (κ3) is 8.56. The van der Waals surface area contributed by atoms with Gasteiger partial charge in [0.1, 0.15) is 0 Å². The SMILES string of the molecule is CN=C(NCCCSC)N(C)CCC1CCOCC1.I. The fourth-order valence-corrected chi connectivity index (χ4v) is 2.75. The van der Waals surface area contributed by atoms with Crippen molar-refractivity contribution in [3.8, 4) is 0 Å². The summed E-state index contributed by atoms with van der Waals surface area (Å²) in [5.41, 5.74) is 0. The quantitative estimate of drug-likeness (QED) is 0.300. The van der Waals surface area contributed by atoms with Crippen LogP contribution in [-0.4, -0.2) is 63.3 Å². The fourth-order valence-electron chi connectivity index (χ4n) is 2.32. The number of aliphatic imine (C=N–C) groups is 1. The van der Waals surface area contributed by atoms with Crippen LogP contribution in [0.4, 0.5) is 0 Å². The van der Waals surface area contributed by atoms with Gasteiger partial charge >= 0.3 is 0 Å². The van der Waals surface area contributed by atoms with E-state index < -0.39 is 0 Å². The first-order chi connectivity index (χ1) is 9.27. The Labute approximate surface area is 145 Å². The highest BCUT2D eigenvalue weighted by Gasteiger charge is 2.15. The molecule has 0 aromatic carbocycles. The highest BCUT2D eigenvalue weighted by molar-refractivity contribution is 14.0. The molecule has 1 fully saturated rings. The Morgan fingerprint density at radius 1 is 1.40 bits per heavy atom. The minimum atomic E-state index is 0. The third-order valence-electron chi connectivity index (χ3n) is 3.60. The van der Waals surface area contributed by atoms with E-state index in [0.29, 0.717) is 0 Å². The highest BCUT2D eigenvalue weighted by Crippen LogP contribution is 2.18. The van der Waals surface area contributed by atoms with Gasteiger partial charge in [-0.3, -0.25) is 4.99 Å². The van der Waals surface area contributed by atoms with Crippen LogP contribution in [0.1, 0.15) is 25.7 Å². The molecule has 0 aromatic heterocycles. The second-order valence-corrected chi connectivity index (χ2v) is 6.07. The molecule has 1 saturated heterocycles. The van der Waals surface area contributed by atoms with Gasteiger partial charge in [0.2, 0.25) is 0 Å². The average Bonchev–Trinajstić information content (AvgIpc) is 2.46. The monoisotopic (exact) mass is 415 g/mol. The van der Waals surface area contributed by atoms with Crippen molar-refractivity contribution >= 4 is 41.7 Å². The van der Waals surface area contributed by atoms with Gasteiger partial charge in [-0.25, -0.2) is 0 Å². The second-order valence-electron chi connectivity index (χ2n) is 5.09. The summed E-state index contributed by atoms with van der Waals surface area (Å²) in [4.78, 5) is 6.59. The van der Waals surface area contributed by atoms with Crippen molar-refractivity contribution < 1.29 is 4.74 Å². The molecular formula is C14H30IN3OS. The Balaban J connectivity index is 0.00000361. The van der Waals surface area contributed by atoms with E-state index in [4.69, 9.17) is 4.74 Å².